The van der Waals surface area contributed by atoms with Crippen LogP contribution in [0.3, 0.4) is 0 Å². The van der Waals surface area contributed by atoms with Crippen LogP contribution in [0.4, 0.5) is 0 Å². The summed E-state index contributed by atoms with van der Waals surface area (Å²) >= 11 is 0. The molecule has 1 atom stereocenters. The van der Waals surface area contributed by atoms with Gasteiger partial charge in [0.2, 0.25) is 5.91 Å². The normalized spacial score (nSPS) is 21.7. The molecule has 3 rings (SSSR count). The van der Waals surface area contributed by atoms with Crippen LogP contribution in [-0.4, -0.2) is 71.8 Å². The fourth-order valence-corrected chi connectivity index (χ4v) is 5.53. The molecule has 10 heteroatoms. The van der Waals surface area contributed by atoms with Gasteiger partial charge in [0.25, 0.3) is 10.0 Å². The lowest BCUT2D eigenvalue weighted by molar-refractivity contribution is -0.152. The number of ether oxygens (including phenoxy) is 1. The highest BCUT2D eigenvalue weighted by Crippen LogP contribution is 2.27. The van der Waals surface area contributed by atoms with Crippen LogP contribution in [0.1, 0.15) is 52.5 Å². The van der Waals surface area contributed by atoms with Crippen molar-refractivity contribution in [1.82, 2.24) is 18.8 Å². The SMILES string of the molecule is CCOC(=O)C1CCN(C(=O)[C@@H]2CCCN(S(=O)(=O)c3cn(C(C)C)cn3)C2)CC1. The Kier molecular flexibility index (Phi) is 7.18. The second-order valence-corrected chi connectivity index (χ2v) is 10.2. The van der Waals surface area contributed by atoms with Crippen molar-refractivity contribution >= 4 is 21.9 Å². The zero-order valence-corrected chi connectivity index (χ0v) is 18.8. The highest BCUT2D eigenvalue weighted by atomic mass is 32.2. The number of hydrogen-bond donors (Lipinski definition) is 0. The molecule has 1 amide bonds. The standard InChI is InChI=1S/C20H32N4O5S/c1-4-29-20(26)16-7-10-22(11-8-16)19(25)17-6-5-9-24(12-17)30(27,28)18-13-23(14-21-18)15(2)3/h13-17H,4-12H2,1-3H3/t17-/m1/s1. The predicted molar refractivity (Wildman–Crippen MR) is 110 cm³/mol. The van der Waals surface area contributed by atoms with Crippen molar-refractivity contribution in [3.63, 3.8) is 0 Å². The summed E-state index contributed by atoms with van der Waals surface area (Å²) in [4.78, 5) is 30.8. The Morgan fingerprint density at radius 3 is 2.47 bits per heavy atom. The van der Waals surface area contributed by atoms with Gasteiger partial charge in [-0.05, 0) is 46.5 Å². The largest absolute Gasteiger partial charge is 0.466 e. The van der Waals surface area contributed by atoms with E-state index in [0.717, 1.165) is 0 Å². The topological polar surface area (TPSA) is 102 Å². The van der Waals surface area contributed by atoms with Crippen molar-refractivity contribution in [3.05, 3.63) is 12.5 Å². The van der Waals surface area contributed by atoms with E-state index in [1.54, 1.807) is 22.6 Å². The molecule has 2 aliphatic rings. The first-order chi connectivity index (χ1) is 14.2. The van der Waals surface area contributed by atoms with Crippen molar-refractivity contribution in [2.45, 2.75) is 57.5 Å². The maximum atomic E-state index is 13.0. The van der Waals surface area contributed by atoms with Crippen LogP contribution < -0.4 is 0 Å². The number of rotatable bonds is 6. The second-order valence-electron chi connectivity index (χ2n) is 8.31. The summed E-state index contributed by atoms with van der Waals surface area (Å²) < 4.78 is 34.3. The van der Waals surface area contributed by atoms with Gasteiger partial charge in [0, 0.05) is 38.4 Å². The lowest BCUT2D eigenvalue weighted by Gasteiger charge is -2.36. The summed E-state index contributed by atoms with van der Waals surface area (Å²) in [5.74, 6) is -0.738. The van der Waals surface area contributed by atoms with E-state index in [2.05, 4.69) is 4.98 Å². The van der Waals surface area contributed by atoms with Crippen LogP contribution in [-0.2, 0) is 24.3 Å². The number of carbonyl (C=O) groups excluding carboxylic acids is 2. The van der Waals surface area contributed by atoms with Gasteiger partial charge >= 0.3 is 5.97 Å². The first-order valence-electron chi connectivity index (χ1n) is 10.7. The van der Waals surface area contributed by atoms with Crippen LogP contribution >= 0.6 is 0 Å². The van der Waals surface area contributed by atoms with Gasteiger partial charge < -0.3 is 14.2 Å². The van der Waals surface area contributed by atoms with Crippen molar-refractivity contribution < 1.29 is 22.7 Å². The van der Waals surface area contributed by atoms with Gasteiger partial charge in [-0.15, -0.1) is 0 Å². The molecule has 0 bridgehead atoms. The molecule has 30 heavy (non-hydrogen) atoms. The van der Waals surface area contributed by atoms with Crippen LogP contribution in [0.25, 0.3) is 0 Å². The molecule has 2 fully saturated rings. The van der Waals surface area contributed by atoms with E-state index in [0.29, 0.717) is 51.9 Å². The van der Waals surface area contributed by atoms with Crippen LogP contribution in [0.2, 0.25) is 0 Å². The van der Waals surface area contributed by atoms with Crippen molar-refractivity contribution in [1.29, 1.82) is 0 Å². The third-order valence-electron chi connectivity index (χ3n) is 5.94. The summed E-state index contributed by atoms with van der Waals surface area (Å²) in [5.41, 5.74) is 0. The lowest BCUT2D eigenvalue weighted by atomic mass is 9.93. The molecule has 1 aromatic heterocycles. The Labute approximate surface area is 178 Å². The maximum Gasteiger partial charge on any atom is 0.309 e. The number of amides is 1. The summed E-state index contributed by atoms with van der Waals surface area (Å²) in [6, 6.07) is 0.120. The summed E-state index contributed by atoms with van der Waals surface area (Å²) in [6.07, 6.45) is 5.56. The molecule has 0 saturated carbocycles. The molecule has 3 heterocycles. The molecule has 0 radical (unpaired) electrons. The summed E-state index contributed by atoms with van der Waals surface area (Å²) in [7, 11) is -3.73. The van der Waals surface area contributed by atoms with E-state index in [4.69, 9.17) is 4.74 Å². The molecule has 2 aliphatic heterocycles. The first kappa shape index (κ1) is 22.7. The molecule has 0 N–H and O–H groups in total. The van der Waals surface area contributed by atoms with E-state index in [-0.39, 0.29) is 41.3 Å². The first-order valence-corrected chi connectivity index (χ1v) is 12.2. The lowest BCUT2D eigenvalue weighted by Crippen LogP contribution is -2.49. The molecular formula is C20H32N4O5S. The number of likely N-dealkylation sites (tertiary alicyclic amines) is 1. The zero-order chi connectivity index (χ0) is 21.9. The quantitative estimate of drug-likeness (QED) is 0.624. The molecule has 1 aromatic rings. The number of esters is 1. The minimum Gasteiger partial charge on any atom is -0.466 e. The van der Waals surface area contributed by atoms with Gasteiger partial charge in [0.05, 0.1) is 24.8 Å². The third-order valence-corrected chi connectivity index (χ3v) is 7.69. The third kappa shape index (κ3) is 4.85. The molecule has 0 aliphatic carbocycles. The number of carbonyl (C=O) groups is 2. The molecule has 9 nitrogen and oxygen atoms in total. The van der Waals surface area contributed by atoms with E-state index in [1.807, 2.05) is 13.8 Å². The van der Waals surface area contributed by atoms with Gasteiger partial charge in [-0.3, -0.25) is 9.59 Å². The zero-order valence-electron chi connectivity index (χ0n) is 18.0. The number of piperidine rings is 2. The number of hydrogen-bond acceptors (Lipinski definition) is 6. The molecule has 0 aromatic carbocycles. The highest BCUT2D eigenvalue weighted by Gasteiger charge is 2.37. The van der Waals surface area contributed by atoms with Crippen LogP contribution in [0.5, 0.6) is 0 Å². The molecule has 0 unspecified atom stereocenters. The van der Waals surface area contributed by atoms with Crippen LogP contribution in [0.15, 0.2) is 17.6 Å². The predicted octanol–water partition coefficient (Wildman–Crippen LogP) is 1.67. The highest BCUT2D eigenvalue weighted by molar-refractivity contribution is 7.89. The smallest absolute Gasteiger partial charge is 0.309 e. The van der Waals surface area contributed by atoms with E-state index >= 15 is 0 Å². The fourth-order valence-electron chi connectivity index (χ4n) is 4.08. The van der Waals surface area contributed by atoms with Gasteiger partial charge in [0.1, 0.15) is 0 Å². The Hall–Kier alpha value is -1.94. The minimum atomic E-state index is -3.73. The van der Waals surface area contributed by atoms with Gasteiger partial charge in [-0.2, -0.15) is 4.31 Å². The Morgan fingerprint density at radius 2 is 1.87 bits per heavy atom. The monoisotopic (exact) mass is 440 g/mol. The molecule has 168 valence electrons. The fraction of sp³-hybridized carbons (Fsp3) is 0.750. The van der Waals surface area contributed by atoms with Gasteiger partial charge in [-0.1, -0.05) is 0 Å². The van der Waals surface area contributed by atoms with E-state index in [9.17, 15) is 18.0 Å². The summed E-state index contributed by atoms with van der Waals surface area (Å²) in [6.45, 7) is 7.64. The Morgan fingerprint density at radius 1 is 1.17 bits per heavy atom. The van der Waals surface area contributed by atoms with Crippen molar-refractivity contribution in [3.8, 4) is 0 Å². The molecule has 2 saturated heterocycles. The number of aromatic nitrogens is 2. The molecular weight excluding hydrogens is 408 g/mol. The number of sulfonamides is 1. The van der Waals surface area contributed by atoms with Gasteiger partial charge in [-0.25, -0.2) is 13.4 Å². The van der Waals surface area contributed by atoms with Gasteiger partial charge in [0.15, 0.2) is 5.03 Å². The minimum absolute atomic E-state index is 0.0232. The molecule has 0 spiro atoms. The number of nitrogens with zero attached hydrogens (tertiary/aromatic N) is 4. The Balaban J connectivity index is 1.61. The number of imidazole rings is 1. The average Bonchev–Trinajstić information content (AvgIpc) is 3.25. The van der Waals surface area contributed by atoms with Crippen LogP contribution in [0, 0.1) is 11.8 Å². The average molecular weight is 441 g/mol. The second kappa shape index (κ2) is 9.47. The van der Waals surface area contributed by atoms with Crippen molar-refractivity contribution in [2.24, 2.45) is 11.8 Å². The Bertz CT molecular complexity index is 858. The summed E-state index contributed by atoms with van der Waals surface area (Å²) in [5, 5.41) is 0.0274. The van der Waals surface area contributed by atoms with E-state index in [1.165, 1.54) is 10.6 Å². The van der Waals surface area contributed by atoms with Crippen molar-refractivity contribution in [2.75, 3.05) is 32.8 Å². The maximum absolute atomic E-state index is 13.0. The van der Waals surface area contributed by atoms with E-state index < -0.39 is 10.0 Å².